The van der Waals surface area contributed by atoms with Gasteiger partial charge < -0.3 is 15.2 Å². The standard InChI is InChI=1S/C15H14F3NO2/c1-20-10-5-6-12(13(16)8-10)14(19)9-3-2-4-11(7-9)21-15(17)18/h2-8,14-15H,19H2,1H3. The van der Waals surface area contributed by atoms with E-state index in [1.807, 2.05) is 0 Å². The van der Waals surface area contributed by atoms with Gasteiger partial charge in [-0.25, -0.2) is 4.39 Å². The van der Waals surface area contributed by atoms with E-state index in [1.54, 1.807) is 12.1 Å². The summed E-state index contributed by atoms with van der Waals surface area (Å²) in [6.45, 7) is -2.92. The average Bonchev–Trinajstić information content (AvgIpc) is 2.46. The van der Waals surface area contributed by atoms with Gasteiger partial charge in [-0.05, 0) is 23.8 Å². The molecule has 2 N–H and O–H groups in total. The molecule has 6 heteroatoms. The highest BCUT2D eigenvalue weighted by Gasteiger charge is 2.15. The van der Waals surface area contributed by atoms with Crippen molar-refractivity contribution in [3.8, 4) is 11.5 Å². The molecule has 21 heavy (non-hydrogen) atoms. The molecule has 2 aromatic rings. The molecule has 0 aliphatic rings. The molecule has 2 rings (SSSR count). The third-order valence-corrected chi connectivity index (χ3v) is 2.99. The molecule has 0 spiro atoms. The van der Waals surface area contributed by atoms with E-state index in [2.05, 4.69) is 4.74 Å². The summed E-state index contributed by atoms with van der Waals surface area (Å²) in [5, 5.41) is 0. The summed E-state index contributed by atoms with van der Waals surface area (Å²) in [4.78, 5) is 0. The maximum Gasteiger partial charge on any atom is 0.387 e. The van der Waals surface area contributed by atoms with Crippen LogP contribution in [-0.2, 0) is 0 Å². The summed E-state index contributed by atoms with van der Waals surface area (Å²) >= 11 is 0. The Balaban J connectivity index is 2.29. The number of rotatable bonds is 5. The number of alkyl halides is 2. The van der Waals surface area contributed by atoms with Crippen molar-refractivity contribution in [2.24, 2.45) is 5.73 Å². The molecular weight excluding hydrogens is 283 g/mol. The van der Waals surface area contributed by atoms with Crippen LogP contribution in [0.2, 0.25) is 0 Å². The van der Waals surface area contributed by atoms with Crippen LogP contribution in [0.4, 0.5) is 13.2 Å². The van der Waals surface area contributed by atoms with Gasteiger partial charge in [-0.2, -0.15) is 8.78 Å². The van der Waals surface area contributed by atoms with Gasteiger partial charge in [0.05, 0.1) is 13.2 Å². The van der Waals surface area contributed by atoms with Crippen molar-refractivity contribution >= 4 is 0 Å². The third kappa shape index (κ3) is 3.66. The number of benzene rings is 2. The molecule has 0 amide bonds. The fourth-order valence-electron chi connectivity index (χ4n) is 1.95. The highest BCUT2D eigenvalue weighted by Crippen LogP contribution is 2.27. The van der Waals surface area contributed by atoms with Crippen LogP contribution < -0.4 is 15.2 Å². The molecule has 0 bridgehead atoms. The number of hydrogen-bond acceptors (Lipinski definition) is 3. The van der Waals surface area contributed by atoms with E-state index >= 15 is 0 Å². The zero-order chi connectivity index (χ0) is 15.4. The first-order valence-electron chi connectivity index (χ1n) is 6.15. The molecule has 1 atom stereocenters. The molecule has 0 saturated heterocycles. The Morgan fingerprint density at radius 3 is 2.43 bits per heavy atom. The summed E-state index contributed by atoms with van der Waals surface area (Å²) in [5.41, 5.74) is 6.69. The molecule has 0 aliphatic carbocycles. The maximum absolute atomic E-state index is 14.0. The Kier molecular flexibility index (Phi) is 4.70. The summed E-state index contributed by atoms with van der Waals surface area (Å²) in [5.74, 6) is -0.174. The first-order valence-corrected chi connectivity index (χ1v) is 6.15. The fraction of sp³-hybridized carbons (Fsp3) is 0.200. The van der Waals surface area contributed by atoms with Gasteiger partial charge in [-0.15, -0.1) is 0 Å². The van der Waals surface area contributed by atoms with Crippen LogP contribution in [0.1, 0.15) is 17.2 Å². The summed E-state index contributed by atoms with van der Waals surface area (Å²) in [6.07, 6.45) is 0. The zero-order valence-corrected chi connectivity index (χ0v) is 11.2. The van der Waals surface area contributed by atoms with Gasteiger partial charge in [0.1, 0.15) is 17.3 Å². The minimum Gasteiger partial charge on any atom is -0.497 e. The second-order valence-corrected chi connectivity index (χ2v) is 4.32. The van der Waals surface area contributed by atoms with Gasteiger partial charge in [0.2, 0.25) is 0 Å². The van der Waals surface area contributed by atoms with Crippen LogP contribution >= 0.6 is 0 Å². The van der Waals surface area contributed by atoms with Gasteiger partial charge in [0.25, 0.3) is 0 Å². The van der Waals surface area contributed by atoms with Crippen molar-refractivity contribution in [2.75, 3.05) is 7.11 Å². The third-order valence-electron chi connectivity index (χ3n) is 2.99. The van der Waals surface area contributed by atoms with Crippen molar-refractivity contribution in [3.05, 3.63) is 59.4 Å². The zero-order valence-electron chi connectivity index (χ0n) is 11.2. The molecule has 112 valence electrons. The van der Waals surface area contributed by atoms with Crippen molar-refractivity contribution < 1.29 is 22.6 Å². The van der Waals surface area contributed by atoms with E-state index in [4.69, 9.17) is 10.5 Å². The minimum absolute atomic E-state index is 0.0214. The predicted octanol–water partition coefficient (Wildman–Crippen LogP) is 3.48. The van der Waals surface area contributed by atoms with E-state index in [9.17, 15) is 13.2 Å². The normalized spacial score (nSPS) is 12.3. The first kappa shape index (κ1) is 15.2. The van der Waals surface area contributed by atoms with E-state index in [-0.39, 0.29) is 11.3 Å². The maximum atomic E-state index is 14.0. The van der Waals surface area contributed by atoms with Gasteiger partial charge in [-0.3, -0.25) is 0 Å². The van der Waals surface area contributed by atoms with E-state index in [0.29, 0.717) is 11.3 Å². The summed E-state index contributed by atoms with van der Waals surface area (Å²) in [6, 6.07) is 9.39. The van der Waals surface area contributed by atoms with Gasteiger partial charge in [-0.1, -0.05) is 18.2 Å². The largest absolute Gasteiger partial charge is 0.497 e. The summed E-state index contributed by atoms with van der Waals surface area (Å²) in [7, 11) is 1.43. The van der Waals surface area contributed by atoms with Crippen molar-refractivity contribution in [2.45, 2.75) is 12.7 Å². The Hall–Kier alpha value is -2.21. The molecule has 2 aromatic carbocycles. The Bertz CT molecular complexity index is 620. The van der Waals surface area contributed by atoms with E-state index < -0.39 is 18.5 Å². The number of nitrogens with two attached hydrogens (primary N) is 1. The molecule has 1 unspecified atom stereocenters. The lowest BCUT2D eigenvalue weighted by atomic mass is 9.99. The second-order valence-electron chi connectivity index (χ2n) is 4.32. The molecule has 3 nitrogen and oxygen atoms in total. The number of methoxy groups -OCH3 is 1. The summed E-state index contributed by atoms with van der Waals surface area (Å²) < 4.78 is 47.6. The van der Waals surface area contributed by atoms with Gasteiger partial charge in [0.15, 0.2) is 0 Å². The van der Waals surface area contributed by atoms with Crippen LogP contribution in [0, 0.1) is 5.82 Å². The van der Waals surface area contributed by atoms with Crippen molar-refractivity contribution in [3.63, 3.8) is 0 Å². The van der Waals surface area contributed by atoms with Crippen LogP contribution in [0.15, 0.2) is 42.5 Å². The quantitative estimate of drug-likeness (QED) is 0.919. The molecule has 0 heterocycles. The molecule has 0 radical (unpaired) electrons. The van der Waals surface area contributed by atoms with E-state index in [1.165, 1.54) is 37.4 Å². The van der Waals surface area contributed by atoms with Gasteiger partial charge in [0, 0.05) is 11.6 Å². The molecular formula is C15H14F3NO2. The molecule has 0 saturated carbocycles. The fourth-order valence-corrected chi connectivity index (χ4v) is 1.95. The van der Waals surface area contributed by atoms with Crippen LogP contribution in [0.25, 0.3) is 0 Å². The smallest absolute Gasteiger partial charge is 0.387 e. The van der Waals surface area contributed by atoms with Crippen LogP contribution in [0.5, 0.6) is 11.5 Å². The Morgan fingerprint density at radius 1 is 1.05 bits per heavy atom. The first-order chi connectivity index (χ1) is 10.0. The van der Waals surface area contributed by atoms with Crippen molar-refractivity contribution in [1.82, 2.24) is 0 Å². The minimum atomic E-state index is -2.92. The molecule has 0 aliphatic heterocycles. The highest BCUT2D eigenvalue weighted by molar-refractivity contribution is 5.39. The van der Waals surface area contributed by atoms with Gasteiger partial charge >= 0.3 is 6.61 Å². The monoisotopic (exact) mass is 297 g/mol. The lowest BCUT2D eigenvalue weighted by Crippen LogP contribution is -2.14. The predicted molar refractivity (Wildman–Crippen MR) is 72.1 cm³/mol. The molecule has 0 fully saturated rings. The number of halogens is 3. The number of ether oxygens (including phenoxy) is 2. The average molecular weight is 297 g/mol. The SMILES string of the molecule is COc1ccc(C(N)c2cccc(OC(F)F)c2)c(F)c1. The Morgan fingerprint density at radius 2 is 1.81 bits per heavy atom. The second kappa shape index (κ2) is 6.49. The lowest BCUT2D eigenvalue weighted by Gasteiger charge is -2.15. The van der Waals surface area contributed by atoms with E-state index in [0.717, 1.165) is 0 Å². The Labute approximate surface area is 120 Å². The number of hydrogen-bond donors (Lipinski definition) is 1. The van der Waals surface area contributed by atoms with Crippen LogP contribution in [-0.4, -0.2) is 13.7 Å². The van der Waals surface area contributed by atoms with Crippen LogP contribution in [0.3, 0.4) is 0 Å². The lowest BCUT2D eigenvalue weighted by molar-refractivity contribution is -0.0498. The molecule has 0 aromatic heterocycles. The topological polar surface area (TPSA) is 44.5 Å². The van der Waals surface area contributed by atoms with Crippen molar-refractivity contribution in [1.29, 1.82) is 0 Å². The highest BCUT2D eigenvalue weighted by atomic mass is 19.3.